The van der Waals surface area contributed by atoms with Gasteiger partial charge in [-0.3, -0.25) is 0 Å². The number of aromatic nitrogens is 3. The van der Waals surface area contributed by atoms with E-state index in [4.69, 9.17) is 6.42 Å². The van der Waals surface area contributed by atoms with Gasteiger partial charge >= 0.3 is 0 Å². The molecule has 88 valence electrons. The van der Waals surface area contributed by atoms with E-state index in [1.165, 1.54) is 0 Å². The summed E-state index contributed by atoms with van der Waals surface area (Å²) in [4.78, 5) is 4.34. The summed E-state index contributed by atoms with van der Waals surface area (Å²) in [5, 5.41) is 7.47. The normalized spacial score (nSPS) is 10.4. The molecular formula is C11H11BrN4S. The highest BCUT2D eigenvalue weighted by Gasteiger charge is 2.02. The predicted molar refractivity (Wildman–Crippen MR) is 75.3 cm³/mol. The topological polar surface area (TPSA) is 42.2 Å². The van der Waals surface area contributed by atoms with Gasteiger partial charge in [-0.15, -0.1) is 23.3 Å². The lowest BCUT2D eigenvalue weighted by Crippen LogP contribution is -2.05. The molecule has 4 nitrogen and oxygen atoms in total. The summed E-state index contributed by atoms with van der Waals surface area (Å²) in [5.41, 5.74) is 0.826. The molecule has 0 aliphatic carbocycles. The molecule has 0 aromatic carbocycles. The molecule has 0 fully saturated rings. The summed E-state index contributed by atoms with van der Waals surface area (Å²) in [7, 11) is 0. The Bertz CT molecular complexity index is 546. The maximum absolute atomic E-state index is 5.16. The number of thioether (sulfide) groups is 1. The second kappa shape index (κ2) is 5.94. The molecule has 0 saturated heterocycles. The Morgan fingerprint density at radius 2 is 2.41 bits per heavy atom. The molecule has 2 rings (SSSR count). The first kappa shape index (κ1) is 12.3. The van der Waals surface area contributed by atoms with Crippen LogP contribution >= 0.6 is 27.7 Å². The van der Waals surface area contributed by atoms with Crippen molar-refractivity contribution in [2.75, 3.05) is 23.4 Å². The molecule has 2 aromatic heterocycles. The Balaban J connectivity index is 1.93. The minimum absolute atomic E-state index is 0.643. The van der Waals surface area contributed by atoms with Crippen molar-refractivity contribution in [3.8, 4) is 12.3 Å². The van der Waals surface area contributed by atoms with Gasteiger partial charge in [0.15, 0.2) is 5.65 Å². The van der Waals surface area contributed by atoms with E-state index in [-0.39, 0.29) is 0 Å². The maximum atomic E-state index is 5.16. The molecule has 0 amide bonds. The monoisotopic (exact) mass is 310 g/mol. The maximum Gasteiger partial charge on any atom is 0.243 e. The summed E-state index contributed by atoms with van der Waals surface area (Å²) >= 11 is 5.10. The Hall–Kier alpha value is -1.19. The third-order valence-corrected chi connectivity index (χ3v) is 3.34. The summed E-state index contributed by atoms with van der Waals surface area (Å²) in [6, 6.07) is 3.85. The van der Waals surface area contributed by atoms with Crippen molar-refractivity contribution >= 4 is 39.3 Å². The average Bonchev–Trinajstić information content (AvgIpc) is 2.70. The third-order valence-electron chi connectivity index (χ3n) is 2.01. The lowest BCUT2D eigenvalue weighted by atomic mass is 10.5. The number of anilines is 1. The number of fused-ring (bicyclic) bond motifs is 1. The van der Waals surface area contributed by atoms with Gasteiger partial charge in [0.2, 0.25) is 5.95 Å². The zero-order valence-corrected chi connectivity index (χ0v) is 11.5. The fourth-order valence-corrected chi connectivity index (χ4v) is 2.13. The fourth-order valence-electron chi connectivity index (χ4n) is 1.30. The molecular weight excluding hydrogens is 300 g/mol. The fraction of sp³-hybridized carbons (Fsp3) is 0.273. The number of nitrogens with zero attached hydrogens (tertiary/aromatic N) is 3. The summed E-state index contributed by atoms with van der Waals surface area (Å²) in [5.74, 6) is 4.92. The molecule has 0 aliphatic rings. The Labute approximate surface area is 112 Å². The third kappa shape index (κ3) is 3.38. The zero-order chi connectivity index (χ0) is 12.1. The predicted octanol–water partition coefficient (Wildman–Crippen LogP) is 2.27. The molecule has 6 heteroatoms. The van der Waals surface area contributed by atoms with Crippen molar-refractivity contribution in [2.24, 2.45) is 0 Å². The van der Waals surface area contributed by atoms with E-state index in [0.29, 0.717) is 5.95 Å². The molecule has 0 radical (unpaired) electrons. The smallest absolute Gasteiger partial charge is 0.243 e. The van der Waals surface area contributed by atoms with Crippen molar-refractivity contribution in [1.29, 1.82) is 0 Å². The van der Waals surface area contributed by atoms with Gasteiger partial charge in [0.05, 0.1) is 5.75 Å². The van der Waals surface area contributed by atoms with Crippen molar-refractivity contribution < 1.29 is 0 Å². The number of halogens is 1. The van der Waals surface area contributed by atoms with Crippen molar-refractivity contribution in [3.63, 3.8) is 0 Å². The van der Waals surface area contributed by atoms with Gasteiger partial charge in [-0.05, 0) is 28.1 Å². The van der Waals surface area contributed by atoms with Crippen LogP contribution in [-0.4, -0.2) is 32.6 Å². The lowest BCUT2D eigenvalue weighted by molar-refractivity contribution is 0.951. The van der Waals surface area contributed by atoms with Crippen LogP contribution in [-0.2, 0) is 0 Å². The molecule has 0 bridgehead atoms. The Morgan fingerprint density at radius 3 is 3.24 bits per heavy atom. The number of terminal acetylenes is 1. The largest absolute Gasteiger partial charge is 0.352 e. The van der Waals surface area contributed by atoms with Gasteiger partial charge in [-0.1, -0.05) is 5.92 Å². The molecule has 0 saturated carbocycles. The van der Waals surface area contributed by atoms with E-state index >= 15 is 0 Å². The first-order valence-corrected chi connectivity index (χ1v) is 7.01. The van der Waals surface area contributed by atoms with E-state index < -0.39 is 0 Å². The summed E-state index contributed by atoms with van der Waals surface area (Å²) < 4.78 is 2.71. The van der Waals surface area contributed by atoms with Gasteiger partial charge in [0.1, 0.15) is 0 Å². The van der Waals surface area contributed by atoms with Crippen LogP contribution in [0.15, 0.2) is 22.8 Å². The van der Waals surface area contributed by atoms with Crippen LogP contribution in [0.5, 0.6) is 0 Å². The van der Waals surface area contributed by atoms with Crippen LogP contribution < -0.4 is 5.32 Å². The minimum atomic E-state index is 0.643. The number of rotatable bonds is 5. The number of hydrogen-bond donors (Lipinski definition) is 1. The molecule has 0 spiro atoms. The Kier molecular flexibility index (Phi) is 4.29. The molecule has 17 heavy (non-hydrogen) atoms. The Morgan fingerprint density at radius 1 is 1.53 bits per heavy atom. The van der Waals surface area contributed by atoms with Gasteiger partial charge in [-0.2, -0.15) is 4.98 Å². The highest BCUT2D eigenvalue weighted by atomic mass is 79.9. The van der Waals surface area contributed by atoms with Gasteiger partial charge in [0, 0.05) is 23.0 Å². The van der Waals surface area contributed by atoms with Crippen LogP contribution in [0, 0.1) is 12.3 Å². The highest BCUT2D eigenvalue weighted by Crippen LogP contribution is 2.12. The van der Waals surface area contributed by atoms with Crippen LogP contribution in [0.1, 0.15) is 0 Å². The number of nitrogens with one attached hydrogen (secondary N) is 1. The molecule has 2 heterocycles. The standard InChI is InChI=1S/C11H11BrN4S/c1-2-6-17-7-5-13-11-14-10-4-3-9(12)8-16(10)15-11/h1,3-4,8H,5-7H2,(H,13,15). The minimum Gasteiger partial charge on any atom is -0.352 e. The van der Waals surface area contributed by atoms with Crippen molar-refractivity contribution in [3.05, 3.63) is 22.8 Å². The van der Waals surface area contributed by atoms with E-state index in [2.05, 4.69) is 37.2 Å². The summed E-state index contributed by atoms with van der Waals surface area (Å²) in [6.45, 7) is 0.810. The van der Waals surface area contributed by atoms with Gasteiger partial charge < -0.3 is 5.32 Å². The molecule has 2 aromatic rings. The van der Waals surface area contributed by atoms with Gasteiger partial charge in [0.25, 0.3) is 0 Å². The van der Waals surface area contributed by atoms with Crippen LogP contribution in [0.3, 0.4) is 0 Å². The quantitative estimate of drug-likeness (QED) is 0.679. The zero-order valence-electron chi connectivity index (χ0n) is 9.06. The first-order chi connectivity index (χ1) is 8.29. The van der Waals surface area contributed by atoms with Crippen LogP contribution in [0.2, 0.25) is 0 Å². The second-order valence-electron chi connectivity index (χ2n) is 3.27. The number of hydrogen-bond acceptors (Lipinski definition) is 4. The molecule has 0 aliphatic heterocycles. The molecule has 0 unspecified atom stereocenters. The number of pyridine rings is 1. The van der Waals surface area contributed by atoms with E-state index in [9.17, 15) is 0 Å². The van der Waals surface area contributed by atoms with E-state index in [0.717, 1.165) is 28.2 Å². The van der Waals surface area contributed by atoms with Crippen LogP contribution in [0.4, 0.5) is 5.95 Å². The van der Waals surface area contributed by atoms with Crippen molar-refractivity contribution in [1.82, 2.24) is 14.6 Å². The lowest BCUT2D eigenvalue weighted by Gasteiger charge is -1.98. The van der Waals surface area contributed by atoms with Crippen molar-refractivity contribution in [2.45, 2.75) is 0 Å². The highest BCUT2D eigenvalue weighted by molar-refractivity contribution is 9.10. The van der Waals surface area contributed by atoms with Gasteiger partial charge in [-0.25, -0.2) is 4.52 Å². The second-order valence-corrected chi connectivity index (χ2v) is 5.29. The SMILES string of the molecule is C#CCSCCNc1nc2ccc(Br)cn2n1. The van der Waals surface area contributed by atoms with Crippen LogP contribution in [0.25, 0.3) is 5.65 Å². The first-order valence-electron chi connectivity index (χ1n) is 5.06. The van der Waals surface area contributed by atoms with E-state index in [1.54, 1.807) is 16.3 Å². The molecule has 0 atom stereocenters. The summed E-state index contributed by atoms with van der Waals surface area (Å²) in [6.07, 6.45) is 7.04. The molecule has 1 N–H and O–H groups in total. The average molecular weight is 311 g/mol. The van der Waals surface area contributed by atoms with E-state index in [1.807, 2.05) is 18.3 Å².